The second-order valence-electron chi connectivity index (χ2n) is 7.41. The number of amides is 2. The molecule has 0 radical (unpaired) electrons. The fourth-order valence-corrected chi connectivity index (χ4v) is 4.41. The molecule has 0 spiro atoms. The number of halogens is 1. The van der Waals surface area contributed by atoms with Crippen LogP contribution in [0.1, 0.15) is 31.2 Å². The van der Waals surface area contributed by atoms with Crippen molar-refractivity contribution < 1.29 is 14.5 Å². The molecule has 7 nitrogen and oxygen atoms in total. The van der Waals surface area contributed by atoms with Gasteiger partial charge < -0.3 is 5.32 Å². The maximum atomic E-state index is 12.8. The lowest BCUT2D eigenvalue weighted by molar-refractivity contribution is -0.383. The van der Waals surface area contributed by atoms with E-state index in [0.29, 0.717) is 30.1 Å². The highest BCUT2D eigenvalue weighted by Crippen LogP contribution is 2.41. The van der Waals surface area contributed by atoms with Gasteiger partial charge in [-0.2, -0.15) is 0 Å². The van der Waals surface area contributed by atoms with E-state index in [0.717, 1.165) is 23.3 Å². The molecule has 0 bridgehead atoms. The summed E-state index contributed by atoms with van der Waals surface area (Å²) in [6.45, 7) is 0.311. The number of anilines is 2. The first kappa shape index (κ1) is 19.4. The number of nitro benzene ring substituents is 1. The highest BCUT2D eigenvalue weighted by molar-refractivity contribution is 6.31. The third-order valence-corrected chi connectivity index (χ3v) is 6.07. The number of hydrogen-bond donors (Lipinski definition) is 1. The molecule has 0 aromatic heterocycles. The van der Waals surface area contributed by atoms with Crippen LogP contribution in [0.4, 0.5) is 17.1 Å². The van der Waals surface area contributed by atoms with E-state index in [-0.39, 0.29) is 35.0 Å². The molecule has 2 aromatic rings. The largest absolute Gasteiger partial charge is 0.375 e. The Morgan fingerprint density at radius 3 is 2.34 bits per heavy atom. The third kappa shape index (κ3) is 3.58. The highest BCUT2D eigenvalue weighted by atomic mass is 35.5. The van der Waals surface area contributed by atoms with Gasteiger partial charge in [-0.1, -0.05) is 42.6 Å². The van der Waals surface area contributed by atoms with E-state index < -0.39 is 4.92 Å². The van der Waals surface area contributed by atoms with Gasteiger partial charge >= 0.3 is 0 Å². The van der Waals surface area contributed by atoms with Crippen LogP contribution in [0.2, 0.25) is 5.02 Å². The van der Waals surface area contributed by atoms with Crippen LogP contribution in [0.5, 0.6) is 0 Å². The molecule has 8 heteroatoms. The van der Waals surface area contributed by atoms with E-state index in [2.05, 4.69) is 5.32 Å². The van der Waals surface area contributed by atoms with Gasteiger partial charge in [0.15, 0.2) is 0 Å². The third-order valence-electron chi connectivity index (χ3n) is 5.70. The second kappa shape index (κ2) is 7.83. The van der Waals surface area contributed by atoms with Crippen LogP contribution in [0, 0.1) is 22.0 Å². The molecule has 150 valence electrons. The molecular weight excluding hydrogens is 394 g/mol. The predicted molar refractivity (Wildman–Crippen MR) is 110 cm³/mol. The molecule has 1 aliphatic carbocycles. The average molecular weight is 414 g/mol. The molecule has 2 atom stereocenters. The summed E-state index contributed by atoms with van der Waals surface area (Å²) in [4.78, 5) is 37.8. The average Bonchev–Trinajstić information content (AvgIpc) is 2.98. The summed E-state index contributed by atoms with van der Waals surface area (Å²) in [6.07, 6.45) is 3.26. The summed E-state index contributed by atoms with van der Waals surface area (Å²) in [5.41, 5.74) is 1.17. The molecule has 2 aromatic carbocycles. The molecule has 1 aliphatic heterocycles. The van der Waals surface area contributed by atoms with Gasteiger partial charge in [0.05, 0.1) is 22.4 Å². The number of imide groups is 1. The Bertz CT molecular complexity index is 970. The lowest BCUT2D eigenvalue weighted by Gasteiger charge is -2.19. The first-order valence-electron chi connectivity index (χ1n) is 9.61. The zero-order valence-electron chi connectivity index (χ0n) is 15.6. The minimum absolute atomic E-state index is 0.190. The number of nitrogens with one attached hydrogen (secondary N) is 1. The van der Waals surface area contributed by atoms with Crippen molar-refractivity contribution >= 4 is 40.5 Å². The normalized spacial score (nSPS) is 21.2. The smallest absolute Gasteiger partial charge is 0.294 e. The molecule has 2 unspecified atom stereocenters. The van der Waals surface area contributed by atoms with Crippen molar-refractivity contribution in [1.82, 2.24) is 0 Å². The van der Waals surface area contributed by atoms with E-state index in [9.17, 15) is 19.7 Å². The van der Waals surface area contributed by atoms with Gasteiger partial charge in [-0.25, -0.2) is 4.90 Å². The molecule has 1 heterocycles. The molecule has 1 N–H and O–H groups in total. The van der Waals surface area contributed by atoms with Crippen LogP contribution in [-0.2, 0) is 16.1 Å². The van der Waals surface area contributed by atoms with Crippen molar-refractivity contribution in [3.05, 3.63) is 63.2 Å². The highest BCUT2D eigenvalue weighted by Gasteiger charge is 2.49. The van der Waals surface area contributed by atoms with Gasteiger partial charge in [-0.05, 0) is 36.6 Å². The lowest BCUT2D eigenvalue weighted by atomic mass is 9.81. The predicted octanol–water partition coefficient (Wildman–Crippen LogP) is 4.54. The summed E-state index contributed by atoms with van der Waals surface area (Å²) < 4.78 is 0. The van der Waals surface area contributed by atoms with Gasteiger partial charge in [0.25, 0.3) is 5.69 Å². The first-order valence-corrected chi connectivity index (χ1v) is 9.98. The topological polar surface area (TPSA) is 92.6 Å². The number of nitro groups is 1. The van der Waals surface area contributed by atoms with Crippen molar-refractivity contribution in [3.8, 4) is 0 Å². The SMILES string of the molecule is O=C1C2CCCCC2C(=O)N1c1ccc(NCc2ccccc2Cl)c([N+](=O)[O-])c1. The molecule has 1 saturated carbocycles. The fraction of sp³-hybridized carbons (Fsp3) is 0.333. The molecular formula is C21H20ClN3O4. The number of nitrogens with zero attached hydrogens (tertiary/aromatic N) is 2. The van der Waals surface area contributed by atoms with Crippen LogP contribution in [0.25, 0.3) is 0 Å². The maximum Gasteiger partial charge on any atom is 0.294 e. The Balaban J connectivity index is 1.61. The number of fused-ring (bicyclic) bond motifs is 1. The monoisotopic (exact) mass is 413 g/mol. The van der Waals surface area contributed by atoms with Crippen LogP contribution in [0.3, 0.4) is 0 Å². The van der Waals surface area contributed by atoms with E-state index in [1.165, 1.54) is 12.1 Å². The minimum Gasteiger partial charge on any atom is -0.375 e. The van der Waals surface area contributed by atoms with Gasteiger partial charge in [0.1, 0.15) is 5.69 Å². The van der Waals surface area contributed by atoms with Gasteiger partial charge in [0, 0.05) is 17.6 Å². The maximum absolute atomic E-state index is 12.8. The molecule has 2 fully saturated rings. The fourth-order valence-electron chi connectivity index (χ4n) is 4.21. The van der Waals surface area contributed by atoms with Crippen LogP contribution in [-0.4, -0.2) is 16.7 Å². The van der Waals surface area contributed by atoms with E-state index >= 15 is 0 Å². The Morgan fingerprint density at radius 1 is 1.07 bits per heavy atom. The Labute approximate surface area is 172 Å². The summed E-state index contributed by atoms with van der Waals surface area (Å²) >= 11 is 6.14. The van der Waals surface area contributed by atoms with Crippen molar-refractivity contribution in [2.45, 2.75) is 32.2 Å². The number of carbonyl (C=O) groups excluding carboxylic acids is 2. The summed E-state index contributed by atoms with van der Waals surface area (Å²) in [5.74, 6) is -1.08. The van der Waals surface area contributed by atoms with E-state index in [4.69, 9.17) is 11.6 Å². The zero-order chi connectivity index (χ0) is 20.5. The van der Waals surface area contributed by atoms with Crippen molar-refractivity contribution in [2.24, 2.45) is 11.8 Å². The minimum atomic E-state index is -0.517. The Hall–Kier alpha value is -2.93. The summed E-state index contributed by atoms with van der Waals surface area (Å²) in [6, 6.07) is 11.6. The number of carbonyl (C=O) groups is 2. The summed E-state index contributed by atoms with van der Waals surface area (Å²) in [7, 11) is 0. The van der Waals surface area contributed by atoms with Crippen molar-refractivity contribution in [3.63, 3.8) is 0 Å². The van der Waals surface area contributed by atoms with E-state index in [1.54, 1.807) is 12.1 Å². The van der Waals surface area contributed by atoms with Crippen molar-refractivity contribution in [2.75, 3.05) is 10.2 Å². The Kier molecular flexibility index (Phi) is 5.24. The summed E-state index contributed by atoms with van der Waals surface area (Å²) in [5, 5.41) is 15.2. The molecule has 29 heavy (non-hydrogen) atoms. The van der Waals surface area contributed by atoms with E-state index in [1.807, 2.05) is 18.2 Å². The second-order valence-corrected chi connectivity index (χ2v) is 7.82. The lowest BCUT2D eigenvalue weighted by Crippen LogP contribution is -2.30. The number of rotatable bonds is 5. The van der Waals surface area contributed by atoms with Gasteiger partial charge in [-0.3, -0.25) is 19.7 Å². The molecule has 1 saturated heterocycles. The zero-order valence-corrected chi connectivity index (χ0v) is 16.4. The molecule has 2 amide bonds. The Morgan fingerprint density at radius 2 is 1.72 bits per heavy atom. The molecule has 2 aliphatic rings. The standard InChI is InChI=1S/C21H20ClN3O4/c22-17-8-4-1-5-13(17)12-23-18-10-9-14(11-19(18)25(28)29)24-20(26)15-6-2-3-7-16(15)21(24)27/h1,4-5,8-11,15-16,23H,2-3,6-7,12H2. The van der Waals surface area contributed by atoms with Gasteiger partial charge in [-0.15, -0.1) is 0 Å². The van der Waals surface area contributed by atoms with Crippen LogP contribution < -0.4 is 10.2 Å². The van der Waals surface area contributed by atoms with Crippen LogP contribution >= 0.6 is 11.6 Å². The molecule has 4 rings (SSSR count). The first-order chi connectivity index (χ1) is 14.0. The quantitative estimate of drug-likeness (QED) is 0.441. The van der Waals surface area contributed by atoms with Gasteiger partial charge in [0.2, 0.25) is 11.8 Å². The van der Waals surface area contributed by atoms with Crippen LogP contribution in [0.15, 0.2) is 42.5 Å². The van der Waals surface area contributed by atoms with Crippen molar-refractivity contribution in [1.29, 1.82) is 0 Å². The number of hydrogen-bond acceptors (Lipinski definition) is 5. The number of benzene rings is 2.